The molecule has 0 saturated carbocycles. The third kappa shape index (κ3) is 10.2. The fraction of sp³-hybridized carbons (Fsp3) is 0.333. The van der Waals surface area contributed by atoms with Crippen LogP contribution in [0.1, 0.15) is 52.7 Å². The summed E-state index contributed by atoms with van der Waals surface area (Å²) in [6.07, 6.45) is -18.8. The number of allylic oxidation sites excluding steroid dienone is 1. The minimum Gasteiger partial charge on any atom is -0.336 e. The van der Waals surface area contributed by atoms with Crippen LogP contribution in [0.2, 0.25) is 5.02 Å². The van der Waals surface area contributed by atoms with Crippen LogP contribution < -0.4 is 10.6 Å². The molecule has 2 amide bonds. The van der Waals surface area contributed by atoms with Gasteiger partial charge in [-0.1, -0.05) is 17.7 Å². The Hall–Kier alpha value is -2.33. The van der Waals surface area contributed by atoms with Crippen LogP contribution >= 0.6 is 43.5 Å². The van der Waals surface area contributed by atoms with E-state index in [1.807, 2.05) is 10.6 Å². The predicted molar refractivity (Wildman–Crippen MR) is 137 cm³/mol. The van der Waals surface area contributed by atoms with Gasteiger partial charge < -0.3 is 10.6 Å². The number of carbonyl (C=O) groups excluding carboxylic acids is 2. The topological polar surface area (TPSA) is 58.2 Å². The average molecular weight is 751 g/mol. The van der Waals surface area contributed by atoms with Crippen molar-refractivity contribution >= 4 is 61.1 Å². The molecule has 0 spiro atoms. The highest BCUT2D eigenvalue weighted by atomic mass is 79.9. The van der Waals surface area contributed by atoms with Gasteiger partial charge in [0.05, 0.1) is 28.7 Å². The van der Waals surface area contributed by atoms with Crippen molar-refractivity contribution in [2.24, 2.45) is 0 Å². The van der Waals surface area contributed by atoms with Crippen LogP contribution in [0.4, 0.5) is 43.9 Å². The highest BCUT2D eigenvalue weighted by Crippen LogP contribution is 2.43. The molecule has 0 aromatic heterocycles. The molecular formula is C24H17Br2ClF10N2O2. The predicted octanol–water partition coefficient (Wildman–Crippen LogP) is 9.07. The molecule has 2 atom stereocenters. The van der Waals surface area contributed by atoms with E-state index in [0.717, 1.165) is 19.1 Å². The number of alkyl halides is 9. The molecule has 17 heteroatoms. The molecule has 0 fully saturated rings. The molecule has 2 N–H and O–H groups in total. The molecule has 2 aromatic rings. The zero-order chi connectivity index (χ0) is 31.5. The van der Waals surface area contributed by atoms with E-state index in [1.165, 1.54) is 0 Å². The van der Waals surface area contributed by atoms with Gasteiger partial charge in [-0.05, 0) is 74.7 Å². The second kappa shape index (κ2) is 13.3. The zero-order valence-electron chi connectivity index (χ0n) is 20.3. The molecule has 0 aliphatic carbocycles. The Bertz CT molecular complexity index is 1300. The fourth-order valence-corrected chi connectivity index (χ4v) is 4.71. The van der Waals surface area contributed by atoms with E-state index in [9.17, 15) is 49.1 Å². The average Bonchev–Trinajstić information content (AvgIpc) is 2.82. The van der Waals surface area contributed by atoms with Crippen LogP contribution in [0.15, 0.2) is 45.4 Å². The number of hydrogen-bond donors (Lipinski definition) is 2. The summed E-state index contributed by atoms with van der Waals surface area (Å²) in [5.41, 5.74) is -4.21. The number of amides is 2. The first-order valence-corrected chi connectivity index (χ1v) is 13.0. The Kier molecular flexibility index (Phi) is 11.3. The third-order valence-electron chi connectivity index (χ3n) is 5.24. The number of hydrogen-bond acceptors (Lipinski definition) is 2. The largest absolute Gasteiger partial charge is 0.417 e. The summed E-state index contributed by atoms with van der Waals surface area (Å²) in [5.74, 6) is -6.88. The quantitative estimate of drug-likeness (QED) is 0.161. The summed E-state index contributed by atoms with van der Waals surface area (Å²) in [5, 5.41) is 3.93. The van der Waals surface area contributed by atoms with Crippen molar-refractivity contribution in [1.29, 1.82) is 0 Å². The molecule has 0 bridgehead atoms. The number of carbonyl (C=O) groups is 2. The maximum Gasteiger partial charge on any atom is 0.417 e. The van der Waals surface area contributed by atoms with Gasteiger partial charge in [-0.3, -0.25) is 9.59 Å². The van der Waals surface area contributed by atoms with Gasteiger partial charge in [-0.15, -0.1) is 0 Å². The highest BCUT2D eigenvalue weighted by molar-refractivity contribution is 9.11. The molecule has 0 heterocycles. The van der Waals surface area contributed by atoms with Crippen molar-refractivity contribution in [1.82, 2.24) is 10.6 Å². The Morgan fingerprint density at radius 1 is 0.951 bits per heavy atom. The second-order valence-electron chi connectivity index (χ2n) is 8.47. The van der Waals surface area contributed by atoms with Gasteiger partial charge in [0.2, 0.25) is 5.91 Å². The van der Waals surface area contributed by atoms with Gasteiger partial charge in [0.1, 0.15) is 11.7 Å². The Morgan fingerprint density at radius 2 is 1.51 bits per heavy atom. The maximum atomic E-state index is 15.0. The van der Waals surface area contributed by atoms with Gasteiger partial charge in [-0.25, -0.2) is 4.39 Å². The monoisotopic (exact) mass is 748 g/mol. The van der Waals surface area contributed by atoms with E-state index in [-0.39, 0.29) is 26.1 Å². The maximum absolute atomic E-state index is 15.0. The molecule has 226 valence electrons. The molecular weight excluding hydrogens is 734 g/mol. The summed E-state index contributed by atoms with van der Waals surface area (Å²) in [4.78, 5) is 24.1. The minimum absolute atomic E-state index is 0.0259. The van der Waals surface area contributed by atoms with Gasteiger partial charge in [0, 0.05) is 20.9 Å². The van der Waals surface area contributed by atoms with E-state index in [2.05, 4.69) is 31.9 Å². The lowest BCUT2D eigenvalue weighted by Gasteiger charge is -2.20. The van der Waals surface area contributed by atoms with Crippen molar-refractivity contribution in [3.8, 4) is 0 Å². The van der Waals surface area contributed by atoms with Crippen LogP contribution in [0.25, 0.3) is 5.83 Å². The number of nitrogens with one attached hydrogen (secondary N) is 2. The molecule has 4 nitrogen and oxygen atoms in total. The van der Waals surface area contributed by atoms with Crippen molar-refractivity contribution in [3.63, 3.8) is 0 Å². The first kappa shape index (κ1) is 34.9. The van der Waals surface area contributed by atoms with Crippen LogP contribution in [0.5, 0.6) is 0 Å². The second-order valence-corrected chi connectivity index (χ2v) is 10.6. The number of halogens is 13. The summed E-state index contributed by atoms with van der Waals surface area (Å²) < 4.78 is 134. The molecule has 2 aromatic carbocycles. The summed E-state index contributed by atoms with van der Waals surface area (Å²) in [6.45, 7) is 1.07. The third-order valence-corrected chi connectivity index (χ3v) is 7.35. The van der Waals surface area contributed by atoms with E-state index < -0.39 is 83.3 Å². The van der Waals surface area contributed by atoms with Crippen LogP contribution in [-0.4, -0.2) is 30.3 Å². The van der Waals surface area contributed by atoms with Crippen molar-refractivity contribution in [3.05, 3.63) is 72.6 Å². The van der Waals surface area contributed by atoms with Crippen LogP contribution in [-0.2, 0) is 11.0 Å². The smallest absolute Gasteiger partial charge is 0.336 e. The molecule has 2 rings (SSSR count). The molecule has 0 saturated heterocycles. The van der Waals surface area contributed by atoms with E-state index in [4.69, 9.17) is 11.6 Å². The van der Waals surface area contributed by atoms with Crippen molar-refractivity contribution in [2.75, 3.05) is 0 Å². The lowest BCUT2D eigenvalue weighted by Crippen LogP contribution is -2.46. The van der Waals surface area contributed by atoms with E-state index >= 15 is 4.39 Å². The Balaban J connectivity index is 2.39. The van der Waals surface area contributed by atoms with Crippen LogP contribution in [0.3, 0.4) is 0 Å². The zero-order valence-corrected chi connectivity index (χ0v) is 24.2. The van der Waals surface area contributed by atoms with Crippen molar-refractivity contribution in [2.45, 2.75) is 50.4 Å². The summed E-state index contributed by atoms with van der Waals surface area (Å²) >= 11 is 11.8. The normalized spacial score (nSPS) is 14.4. The molecule has 0 radical (unpaired) electrons. The highest BCUT2D eigenvalue weighted by Gasteiger charge is 2.41. The number of rotatable bonds is 8. The minimum atomic E-state index is -5.28. The van der Waals surface area contributed by atoms with Crippen molar-refractivity contribution < 1.29 is 53.5 Å². The van der Waals surface area contributed by atoms with Gasteiger partial charge in [0.25, 0.3) is 5.91 Å². The van der Waals surface area contributed by atoms with Gasteiger partial charge >= 0.3 is 18.5 Å². The van der Waals surface area contributed by atoms with Crippen LogP contribution in [0, 0.1) is 0 Å². The molecule has 1 unspecified atom stereocenters. The lowest BCUT2D eigenvalue weighted by atomic mass is 9.95. The molecule has 41 heavy (non-hydrogen) atoms. The first-order chi connectivity index (χ1) is 18.6. The molecule has 0 aliphatic rings. The standard InChI is InChI=1S/C24H17Br2ClF10N2O2/c1-10(38-19(40)4-5-22(29,30)31)39-21(41)13-3-2-11(6-15(13)24(35,36)37)18(28)9-14(23(32,33)34)12-7-16(25)20(27)17(26)8-12/h2-3,6-10,14H,4-5H2,1H3,(H,38,40)(H,39,41)/b18-9-/t10-,14?/m1/s1. The SMILES string of the molecule is C[C@H](NC(=O)CCC(F)(F)F)NC(=O)c1ccc(/C(F)=C/C(c2cc(Br)c(Cl)c(Br)c2)C(F)(F)F)cc1C(F)(F)F. The summed E-state index contributed by atoms with van der Waals surface area (Å²) in [7, 11) is 0. The van der Waals surface area contributed by atoms with Gasteiger partial charge in [0.15, 0.2) is 0 Å². The van der Waals surface area contributed by atoms with Gasteiger partial charge in [-0.2, -0.15) is 39.5 Å². The fourth-order valence-electron chi connectivity index (χ4n) is 3.38. The first-order valence-electron chi connectivity index (χ1n) is 11.1. The lowest BCUT2D eigenvalue weighted by molar-refractivity contribution is -0.144. The van der Waals surface area contributed by atoms with E-state index in [1.54, 1.807) is 0 Å². The Labute approximate surface area is 247 Å². The Morgan fingerprint density at radius 3 is 2.00 bits per heavy atom. The summed E-state index contributed by atoms with van der Waals surface area (Å²) in [6, 6.07) is 3.22. The molecule has 0 aliphatic heterocycles. The van der Waals surface area contributed by atoms with E-state index in [0.29, 0.717) is 12.1 Å². The number of benzene rings is 2.